The summed E-state index contributed by atoms with van der Waals surface area (Å²) in [5.41, 5.74) is 5.30. The molecule has 0 aliphatic rings. The van der Waals surface area contributed by atoms with E-state index in [1.807, 2.05) is 73.7 Å². The van der Waals surface area contributed by atoms with Gasteiger partial charge in [0, 0.05) is 4.47 Å². The second kappa shape index (κ2) is 9.93. The maximum absolute atomic E-state index is 13.2. The Hall–Kier alpha value is -3.23. The molecule has 1 aromatic heterocycles. The molecule has 0 radical (unpaired) electrons. The number of nitrogens with zero attached hydrogens (tertiary/aromatic N) is 3. The first kappa shape index (κ1) is 22.0. The van der Waals surface area contributed by atoms with Gasteiger partial charge in [-0.3, -0.25) is 14.2 Å². The molecule has 0 bridgehead atoms. The van der Waals surface area contributed by atoms with Crippen molar-refractivity contribution in [1.82, 2.24) is 15.0 Å². The number of fused-ring (bicyclic) bond motifs is 1. The van der Waals surface area contributed by atoms with Crippen LogP contribution in [0.5, 0.6) is 0 Å². The standard InChI is InChI=1S/C24H19BrN4O2S/c1-16(17-11-13-18(25)14-12-17)27-28-22(30)15-32-24-26-21-10-6-5-9-20(21)23(31)29(24)19-7-3-2-4-8-19/h2-14H,15H2,1H3,(H,28,30)/b27-16+. The monoisotopic (exact) mass is 506 g/mol. The fourth-order valence-corrected chi connectivity index (χ4v) is 4.15. The molecule has 3 aromatic carbocycles. The van der Waals surface area contributed by atoms with Crippen molar-refractivity contribution in [2.75, 3.05) is 5.75 Å². The first-order valence-electron chi connectivity index (χ1n) is 9.82. The fourth-order valence-electron chi connectivity index (χ4n) is 3.08. The number of hydrogen-bond acceptors (Lipinski definition) is 5. The van der Waals surface area contributed by atoms with E-state index in [2.05, 4.69) is 31.4 Å². The second-order valence-corrected chi connectivity index (χ2v) is 8.77. The number of rotatable bonds is 6. The van der Waals surface area contributed by atoms with E-state index in [4.69, 9.17) is 0 Å². The van der Waals surface area contributed by atoms with Gasteiger partial charge in [0.25, 0.3) is 11.5 Å². The van der Waals surface area contributed by atoms with E-state index in [1.54, 1.807) is 12.1 Å². The zero-order valence-corrected chi connectivity index (χ0v) is 19.6. The molecule has 4 rings (SSSR count). The molecule has 0 saturated carbocycles. The quantitative estimate of drug-likeness (QED) is 0.176. The molecule has 1 N–H and O–H groups in total. The van der Waals surface area contributed by atoms with Crippen molar-refractivity contribution < 1.29 is 4.79 Å². The summed E-state index contributed by atoms with van der Waals surface area (Å²) in [4.78, 5) is 30.3. The Bertz CT molecular complexity index is 1350. The van der Waals surface area contributed by atoms with Gasteiger partial charge < -0.3 is 0 Å². The third-order valence-corrected chi connectivity index (χ3v) is 6.17. The summed E-state index contributed by atoms with van der Waals surface area (Å²) in [6.45, 7) is 1.83. The number of thioether (sulfide) groups is 1. The largest absolute Gasteiger partial charge is 0.272 e. The lowest BCUT2D eigenvalue weighted by atomic mass is 10.1. The number of amides is 1. The molecule has 1 heterocycles. The van der Waals surface area contributed by atoms with Gasteiger partial charge in [-0.05, 0) is 48.9 Å². The van der Waals surface area contributed by atoms with Gasteiger partial charge in [0.05, 0.1) is 28.1 Å². The van der Waals surface area contributed by atoms with Crippen LogP contribution in [0.25, 0.3) is 16.6 Å². The van der Waals surface area contributed by atoms with Gasteiger partial charge in [0.15, 0.2) is 5.16 Å². The SMILES string of the molecule is C/C(=N\NC(=O)CSc1nc2ccccc2c(=O)n1-c1ccccc1)c1ccc(Br)cc1. The van der Waals surface area contributed by atoms with E-state index in [0.29, 0.717) is 27.5 Å². The molecule has 0 aliphatic heterocycles. The first-order valence-corrected chi connectivity index (χ1v) is 11.6. The van der Waals surface area contributed by atoms with E-state index in [-0.39, 0.29) is 17.2 Å². The third kappa shape index (κ3) is 4.98. The molecule has 4 aromatic rings. The number of aromatic nitrogens is 2. The number of benzene rings is 3. The molecule has 160 valence electrons. The van der Waals surface area contributed by atoms with Gasteiger partial charge in [-0.1, -0.05) is 70.2 Å². The van der Waals surface area contributed by atoms with Crippen LogP contribution in [-0.4, -0.2) is 26.9 Å². The average molecular weight is 507 g/mol. The summed E-state index contributed by atoms with van der Waals surface area (Å²) in [6, 6.07) is 24.2. The van der Waals surface area contributed by atoms with Crippen LogP contribution in [0, 0.1) is 0 Å². The van der Waals surface area contributed by atoms with Gasteiger partial charge >= 0.3 is 0 Å². The van der Waals surface area contributed by atoms with Gasteiger partial charge in [0.1, 0.15) is 0 Å². The highest BCUT2D eigenvalue weighted by Gasteiger charge is 2.14. The Morgan fingerprint density at radius 2 is 1.72 bits per heavy atom. The van der Waals surface area contributed by atoms with Crippen LogP contribution in [0.15, 0.2) is 98.4 Å². The van der Waals surface area contributed by atoms with Crippen molar-refractivity contribution in [2.45, 2.75) is 12.1 Å². The van der Waals surface area contributed by atoms with Crippen LogP contribution < -0.4 is 11.0 Å². The van der Waals surface area contributed by atoms with Crippen molar-refractivity contribution in [2.24, 2.45) is 5.10 Å². The van der Waals surface area contributed by atoms with E-state index in [0.717, 1.165) is 10.0 Å². The third-order valence-electron chi connectivity index (χ3n) is 4.70. The summed E-state index contributed by atoms with van der Waals surface area (Å²) in [5, 5.41) is 5.16. The minimum absolute atomic E-state index is 0.0642. The Morgan fingerprint density at radius 3 is 2.47 bits per heavy atom. The van der Waals surface area contributed by atoms with Crippen LogP contribution in [0.1, 0.15) is 12.5 Å². The van der Waals surface area contributed by atoms with Gasteiger partial charge in [-0.25, -0.2) is 10.4 Å². The molecule has 32 heavy (non-hydrogen) atoms. The fraction of sp³-hybridized carbons (Fsp3) is 0.0833. The highest BCUT2D eigenvalue weighted by molar-refractivity contribution is 9.10. The lowest BCUT2D eigenvalue weighted by molar-refractivity contribution is -0.118. The summed E-state index contributed by atoms with van der Waals surface area (Å²) >= 11 is 4.59. The average Bonchev–Trinajstić information content (AvgIpc) is 2.82. The number of para-hydroxylation sites is 2. The van der Waals surface area contributed by atoms with Crippen LogP contribution in [0.4, 0.5) is 0 Å². The number of carbonyl (C=O) groups excluding carboxylic acids is 1. The number of halogens is 1. The van der Waals surface area contributed by atoms with Crippen molar-refractivity contribution >= 4 is 50.2 Å². The number of hydrogen-bond donors (Lipinski definition) is 1. The van der Waals surface area contributed by atoms with E-state index >= 15 is 0 Å². The topological polar surface area (TPSA) is 76.3 Å². The van der Waals surface area contributed by atoms with Gasteiger partial charge in [0.2, 0.25) is 0 Å². The molecular formula is C24H19BrN4O2S. The van der Waals surface area contributed by atoms with Crippen LogP contribution in [0.2, 0.25) is 0 Å². The van der Waals surface area contributed by atoms with Crippen molar-refractivity contribution in [3.05, 3.63) is 99.3 Å². The summed E-state index contributed by atoms with van der Waals surface area (Å²) in [7, 11) is 0. The molecule has 0 fully saturated rings. The zero-order valence-electron chi connectivity index (χ0n) is 17.2. The molecule has 0 atom stereocenters. The van der Waals surface area contributed by atoms with E-state index < -0.39 is 0 Å². The maximum Gasteiger partial charge on any atom is 0.266 e. The lowest BCUT2D eigenvalue weighted by Crippen LogP contribution is -2.24. The first-order chi connectivity index (χ1) is 15.5. The van der Waals surface area contributed by atoms with Crippen LogP contribution >= 0.6 is 27.7 Å². The molecular weight excluding hydrogens is 488 g/mol. The van der Waals surface area contributed by atoms with Gasteiger partial charge in [-0.15, -0.1) is 0 Å². The summed E-state index contributed by atoms with van der Waals surface area (Å²) in [5.74, 6) is -0.220. The molecule has 1 amide bonds. The van der Waals surface area contributed by atoms with E-state index in [1.165, 1.54) is 16.3 Å². The van der Waals surface area contributed by atoms with Crippen molar-refractivity contribution in [3.63, 3.8) is 0 Å². The molecule has 6 nitrogen and oxygen atoms in total. The van der Waals surface area contributed by atoms with Crippen molar-refractivity contribution in [3.8, 4) is 5.69 Å². The maximum atomic E-state index is 13.2. The number of hydrazone groups is 1. The Morgan fingerprint density at radius 1 is 1.03 bits per heavy atom. The highest BCUT2D eigenvalue weighted by atomic mass is 79.9. The smallest absolute Gasteiger partial charge is 0.266 e. The highest BCUT2D eigenvalue weighted by Crippen LogP contribution is 2.21. The van der Waals surface area contributed by atoms with Crippen LogP contribution in [0.3, 0.4) is 0 Å². The summed E-state index contributed by atoms with van der Waals surface area (Å²) < 4.78 is 2.51. The molecule has 0 spiro atoms. The number of carbonyl (C=O) groups is 1. The summed E-state index contributed by atoms with van der Waals surface area (Å²) in [6.07, 6.45) is 0. The van der Waals surface area contributed by atoms with Crippen LogP contribution in [-0.2, 0) is 4.79 Å². The minimum Gasteiger partial charge on any atom is -0.272 e. The molecule has 8 heteroatoms. The van der Waals surface area contributed by atoms with Gasteiger partial charge in [-0.2, -0.15) is 5.10 Å². The number of nitrogens with one attached hydrogen (secondary N) is 1. The van der Waals surface area contributed by atoms with E-state index in [9.17, 15) is 9.59 Å². The Kier molecular flexibility index (Phi) is 6.82. The molecule has 0 saturated heterocycles. The minimum atomic E-state index is -0.284. The normalized spacial score (nSPS) is 11.5. The Balaban J connectivity index is 1.56. The molecule has 0 unspecified atom stereocenters. The lowest BCUT2D eigenvalue weighted by Gasteiger charge is -2.13. The van der Waals surface area contributed by atoms with Crippen molar-refractivity contribution in [1.29, 1.82) is 0 Å². The Labute approximate surface area is 197 Å². The predicted octanol–water partition coefficient (Wildman–Crippen LogP) is 4.78. The predicted molar refractivity (Wildman–Crippen MR) is 133 cm³/mol. The zero-order chi connectivity index (χ0) is 22.5. The second-order valence-electron chi connectivity index (χ2n) is 6.92. The molecule has 0 aliphatic carbocycles.